The van der Waals surface area contributed by atoms with E-state index >= 15 is 0 Å². The molecule has 0 amide bonds. The van der Waals surface area contributed by atoms with Crippen LogP contribution in [0.1, 0.15) is 6.92 Å². The number of ether oxygens (including phenoxy) is 2. The summed E-state index contributed by atoms with van der Waals surface area (Å²) < 4.78 is 9.54. The fraction of sp³-hybridized carbons (Fsp3) is 0.375. The Morgan fingerprint density at radius 2 is 2.29 bits per heavy atom. The molecule has 0 radical (unpaired) electrons. The van der Waals surface area contributed by atoms with E-state index in [0.717, 1.165) is 0 Å². The van der Waals surface area contributed by atoms with E-state index in [-0.39, 0.29) is 18.4 Å². The van der Waals surface area contributed by atoms with Gasteiger partial charge >= 0.3 is 5.97 Å². The van der Waals surface area contributed by atoms with Crippen LogP contribution in [0, 0.1) is 0 Å². The van der Waals surface area contributed by atoms with Gasteiger partial charge in [0.1, 0.15) is 0 Å². The van der Waals surface area contributed by atoms with Gasteiger partial charge in [-0.3, -0.25) is 0 Å². The quantitative estimate of drug-likeness (QED) is 0.692. The first-order chi connectivity index (χ1) is 6.72. The molecule has 14 heavy (non-hydrogen) atoms. The predicted octanol–water partition coefficient (Wildman–Crippen LogP) is 0.124. The number of carbonyl (C=O) groups is 1. The number of rotatable bonds is 4. The van der Waals surface area contributed by atoms with Crippen molar-refractivity contribution in [2.45, 2.75) is 6.92 Å². The highest BCUT2D eigenvalue weighted by Crippen LogP contribution is 2.07. The number of aromatic nitrogens is 2. The van der Waals surface area contributed by atoms with Crippen molar-refractivity contribution in [3.8, 4) is 11.8 Å². The summed E-state index contributed by atoms with van der Waals surface area (Å²) in [6.45, 7) is 1.80. The normalized spacial score (nSPS) is 9.50. The van der Waals surface area contributed by atoms with Crippen LogP contribution >= 0.6 is 0 Å². The Kier molecular flexibility index (Phi) is 3.66. The predicted molar refractivity (Wildman–Crippen MR) is 45.8 cm³/mol. The van der Waals surface area contributed by atoms with Gasteiger partial charge in [-0.25, -0.2) is 4.79 Å². The Balaban J connectivity index is 2.38. The summed E-state index contributed by atoms with van der Waals surface area (Å²) in [5.41, 5.74) is 0. The molecule has 0 bridgehead atoms. The van der Waals surface area contributed by atoms with Crippen molar-refractivity contribution >= 4 is 5.97 Å². The molecule has 0 spiro atoms. The van der Waals surface area contributed by atoms with Gasteiger partial charge in [-0.1, -0.05) is 0 Å². The molecule has 0 aliphatic rings. The molecule has 0 fully saturated rings. The van der Waals surface area contributed by atoms with Crippen LogP contribution in [0.5, 0.6) is 11.8 Å². The molecule has 0 saturated heterocycles. The van der Waals surface area contributed by atoms with Crippen molar-refractivity contribution in [3.63, 3.8) is 0 Å². The number of nitrogens with zero attached hydrogens (tertiary/aromatic N) is 2. The largest absolute Gasteiger partial charge is 0.492 e. The molecular weight excluding hydrogens is 188 g/mol. The summed E-state index contributed by atoms with van der Waals surface area (Å²) >= 11 is 0. The third-order valence-electron chi connectivity index (χ3n) is 1.27. The fourth-order valence-electron chi connectivity index (χ4n) is 0.726. The third-order valence-corrected chi connectivity index (χ3v) is 1.27. The van der Waals surface area contributed by atoms with Crippen LogP contribution in [0.3, 0.4) is 0 Å². The molecule has 0 aromatic carbocycles. The molecular formula is C8H10N2O4. The minimum absolute atomic E-state index is 0.163. The standard InChI is InChI=1S/C8H10N2O4/c1-2-13-8(12)5-14-7-4-3-6(11)9-10-7/h3-4H,2,5H2,1H3,(H,9,11). The van der Waals surface area contributed by atoms with Gasteiger partial charge < -0.3 is 14.6 Å². The number of esters is 1. The molecule has 76 valence electrons. The second-order valence-electron chi connectivity index (χ2n) is 2.32. The van der Waals surface area contributed by atoms with E-state index in [2.05, 4.69) is 14.9 Å². The van der Waals surface area contributed by atoms with Gasteiger partial charge in [-0.15, -0.1) is 10.2 Å². The molecule has 1 aromatic heterocycles. The topological polar surface area (TPSA) is 81.5 Å². The smallest absolute Gasteiger partial charge is 0.344 e. The van der Waals surface area contributed by atoms with Crippen molar-refractivity contribution in [1.82, 2.24) is 10.2 Å². The van der Waals surface area contributed by atoms with Crippen LogP contribution in [0.25, 0.3) is 0 Å². The van der Waals surface area contributed by atoms with Gasteiger partial charge in [0.25, 0.3) is 0 Å². The molecule has 1 rings (SSSR count). The molecule has 1 N–H and O–H groups in total. The van der Waals surface area contributed by atoms with E-state index in [1.807, 2.05) is 0 Å². The number of hydrogen-bond acceptors (Lipinski definition) is 6. The van der Waals surface area contributed by atoms with E-state index in [4.69, 9.17) is 9.84 Å². The summed E-state index contributed by atoms with van der Waals surface area (Å²) in [5, 5.41) is 15.6. The van der Waals surface area contributed by atoms with Crippen molar-refractivity contribution in [2.24, 2.45) is 0 Å². The lowest BCUT2D eigenvalue weighted by molar-refractivity contribution is -0.145. The summed E-state index contributed by atoms with van der Waals surface area (Å²) in [7, 11) is 0. The first-order valence-corrected chi connectivity index (χ1v) is 4.03. The van der Waals surface area contributed by atoms with E-state index in [1.54, 1.807) is 6.92 Å². The molecule has 6 nitrogen and oxygen atoms in total. The molecule has 0 aliphatic carbocycles. The van der Waals surface area contributed by atoms with Crippen molar-refractivity contribution in [2.75, 3.05) is 13.2 Å². The van der Waals surface area contributed by atoms with Crippen LogP contribution < -0.4 is 4.74 Å². The van der Waals surface area contributed by atoms with Crippen molar-refractivity contribution in [3.05, 3.63) is 12.1 Å². The van der Waals surface area contributed by atoms with Gasteiger partial charge in [-0.2, -0.15) is 0 Å². The summed E-state index contributed by atoms with van der Waals surface area (Å²) in [6, 6.07) is 2.72. The summed E-state index contributed by atoms with van der Waals surface area (Å²) in [6.07, 6.45) is 0. The minimum Gasteiger partial charge on any atom is -0.492 e. The third kappa shape index (κ3) is 3.26. The molecule has 6 heteroatoms. The lowest BCUT2D eigenvalue weighted by Crippen LogP contribution is -2.15. The Morgan fingerprint density at radius 1 is 1.50 bits per heavy atom. The van der Waals surface area contributed by atoms with Crippen LogP contribution in [0.4, 0.5) is 0 Å². The first kappa shape index (κ1) is 10.2. The molecule has 1 aromatic rings. The number of hydrogen-bond donors (Lipinski definition) is 1. The van der Waals surface area contributed by atoms with Crippen LogP contribution in [-0.4, -0.2) is 34.5 Å². The van der Waals surface area contributed by atoms with Gasteiger partial charge in [0.05, 0.1) is 6.61 Å². The maximum Gasteiger partial charge on any atom is 0.344 e. The molecule has 0 atom stereocenters. The fourth-order valence-corrected chi connectivity index (χ4v) is 0.726. The Morgan fingerprint density at radius 3 is 2.86 bits per heavy atom. The Hall–Kier alpha value is -1.85. The van der Waals surface area contributed by atoms with E-state index in [1.165, 1.54) is 12.1 Å². The zero-order valence-corrected chi connectivity index (χ0v) is 7.64. The Bertz CT molecular complexity index is 299. The summed E-state index contributed by atoms with van der Waals surface area (Å²) in [4.78, 5) is 10.8. The highest BCUT2D eigenvalue weighted by atomic mass is 16.6. The molecule has 0 aliphatic heterocycles. The van der Waals surface area contributed by atoms with Crippen molar-refractivity contribution in [1.29, 1.82) is 0 Å². The van der Waals surface area contributed by atoms with Gasteiger partial charge in [0.2, 0.25) is 11.8 Å². The number of aromatic hydroxyl groups is 1. The SMILES string of the molecule is CCOC(=O)COc1ccc(O)nn1. The molecule has 0 unspecified atom stereocenters. The van der Waals surface area contributed by atoms with E-state index < -0.39 is 5.97 Å². The van der Waals surface area contributed by atoms with E-state index in [0.29, 0.717) is 6.61 Å². The highest BCUT2D eigenvalue weighted by molar-refractivity contribution is 5.70. The lowest BCUT2D eigenvalue weighted by atomic mass is 10.5. The Labute approximate surface area is 80.5 Å². The summed E-state index contributed by atoms with van der Waals surface area (Å²) in [5.74, 6) is -0.508. The maximum atomic E-state index is 10.8. The average molecular weight is 198 g/mol. The monoisotopic (exact) mass is 198 g/mol. The second-order valence-corrected chi connectivity index (χ2v) is 2.32. The van der Waals surface area contributed by atoms with Crippen LogP contribution in [-0.2, 0) is 9.53 Å². The second kappa shape index (κ2) is 5.00. The zero-order chi connectivity index (χ0) is 10.4. The molecule has 1 heterocycles. The van der Waals surface area contributed by atoms with Gasteiger partial charge in [0, 0.05) is 12.1 Å². The minimum atomic E-state index is -0.470. The molecule has 0 saturated carbocycles. The maximum absolute atomic E-state index is 10.8. The van der Waals surface area contributed by atoms with E-state index in [9.17, 15) is 4.79 Å². The van der Waals surface area contributed by atoms with Crippen molar-refractivity contribution < 1.29 is 19.4 Å². The first-order valence-electron chi connectivity index (χ1n) is 4.03. The van der Waals surface area contributed by atoms with Gasteiger partial charge in [0.15, 0.2) is 6.61 Å². The van der Waals surface area contributed by atoms with Crippen LogP contribution in [0.2, 0.25) is 0 Å². The highest BCUT2D eigenvalue weighted by Gasteiger charge is 2.03. The van der Waals surface area contributed by atoms with Gasteiger partial charge in [-0.05, 0) is 6.92 Å². The number of carbonyl (C=O) groups excluding carboxylic acids is 1. The zero-order valence-electron chi connectivity index (χ0n) is 7.64. The lowest BCUT2D eigenvalue weighted by Gasteiger charge is -2.03. The average Bonchev–Trinajstić information content (AvgIpc) is 2.17. The van der Waals surface area contributed by atoms with Crippen LogP contribution in [0.15, 0.2) is 12.1 Å².